The van der Waals surface area contributed by atoms with Crippen molar-refractivity contribution in [1.82, 2.24) is 15.1 Å². The highest BCUT2D eigenvalue weighted by molar-refractivity contribution is 5.66. The monoisotopic (exact) mass is 215 g/mol. The molecule has 5 heteroatoms. The van der Waals surface area contributed by atoms with Crippen molar-refractivity contribution < 1.29 is 9.53 Å². The van der Waals surface area contributed by atoms with Crippen LogP contribution in [0.1, 0.15) is 6.42 Å². The SMILES string of the molecule is COC(=O)NCCCN1CCN(C)CC1. The van der Waals surface area contributed by atoms with E-state index in [-0.39, 0.29) is 6.09 Å². The first-order chi connectivity index (χ1) is 7.22. The molecule has 1 amide bonds. The molecule has 1 fully saturated rings. The molecule has 1 N–H and O–H groups in total. The topological polar surface area (TPSA) is 44.8 Å². The summed E-state index contributed by atoms with van der Waals surface area (Å²) >= 11 is 0. The number of nitrogens with zero attached hydrogens (tertiary/aromatic N) is 2. The molecular formula is C10H21N3O2. The molecule has 5 nitrogen and oxygen atoms in total. The molecule has 1 heterocycles. The molecule has 1 rings (SSSR count). The standard InChI is InChI=1S/C10H21N3O2/c1-12-6-8-13(9-7-12)5-3-4-11-10(14)15-2/h3-9H2,1-2H3,(H,11,14). The number of nitrogens with one attached hydrogen (secondary N) is 1. The maximum absolute atomic E-state index is 10.8. The fourth-order valence-corrected chi connectivity index (χ4v) is 1.64. The molecule has 1 aliphatic rings. The number of piperazine rings is 1. The number of carbonyl (C=O) groups excluding carboxylic acids is 1. The van der Waals surface area contributed by atoms with Crippen LogP contribution in [0.2, 0.25) is 0 Å². The Hall–Kier alpha value is -0.810. The van der Waals surface area contributed by atoms with Gasteiger partial charge in [-0.3, -0.25) is 0 Å². The summed E-state index contributed by atoms with van der Waals surface area (Å²) in [6.45, 7) is 6.30. The van der Waals surface area contributed by atoms with Crippen molar-refractivity contribution >= 4 is 6.09 Å². The van der Waals surface area contributed by atoms with Crippen LogP contribution in [-0.4, -0.2) is 69.3 Å². The highest BCUT2D eigenvalue weighted by atomic mass is 16.5. The van der Waals surface area contributed by atoms with Gasteiger partial charge in [0.05, 0.1) is 7.11 Å². The molecule has 1 aliphatic heterocycles. The van der Waals surface area contributed by atoms with Crippen LogP contribution in [0.4, 0.5) is 4.79 Å². The Bertz CT molecular complexity index is 191. The molecule has 0 aromatic heterocycles. The number of hydrogen-bond donors (Lipinski definition) is 1. The molecule has 0 saturated carbocycles. The highest BCUT2D eigenvalue weighted by Crippen LogP contribution is 1.99. The van der Waals surface area contributed by atoms with Crippen LogP contribution in [-0.2, 0) is 4.74 Å². The number of carbonyl (C=O) groups is 1. The smallest absolute Gasteiger partial charge is 0.406 e. The molecule has 0 bridgehead atoms. The Balaban J connectivity index is 1.98. The van der Waals surface area contributed by atoms with Gasteiger partial charge in [0.1, 0.15) is 0 Å². The summed E-state index contributed by atoms with van der Waals surface area (Å²) in [4.78, 5) is 15.5. The number of rotatable bonds is 4. The van der Waals surface area contributed by atoms with Gasteiger partial charge in [0.15, 0.2) is 0 Å². The summed E-state index contributed by atoms with van der Waals surface area (Å²) in [5, 5.41) is 2.68. The van der Waals surface area contributed by atoms with Crippen LogP contribution in [0.15, 0.2) is 0 Å². The van der Waals surface area contributed by atoms with Crippen molar-refractivity contribution in [3.8, 4) is 0 Å². The third-order valence-corrected chi connectivity index (χ3v) is 2.70. The van der Waals surface area contributed by atoms with Gasteiger partial charge in [0.2, 0.25) is 0 Å². The largest absolute Gasteiger partial charge is 0.453 e. The second-order valence-corrected chi connectivity index (χ2v) is 3.92. The molecular weight excluding hydrogens is 194 g/mol. The Morgan fingerprint density at radius 3 is 2.60 bits per heavy atom. The summed E-state index contributed by atoms with van der Waals surface area (Å²) in [6, 6.07) is 0. The molecule has 15 heavy (non-hydrogen) atoms. The van der Waals surface area contributed by atoms with E-state index in [1.165, 1.54) is 7.11 Å². The third kappa shape index (κ3) is 4.99. The summed E-state index contributed by atoms with van der Waals surface area (Å²) in [6.07, 6.45) is 0.645. The summed E-state index contributed by atoms with van der Waals surface area (Å²) in [5.74, 6) is 0. The second-order valence-electron chi connectivity index (χ2n) is 3.92. The van der Waals surface area contributed by atoms with E-state index in [9.17, 15) is 4.79 Å². The van der Waals surface area contributed by atoms with Gasteiger partial charge in [0.25, 0.3) is 0 Å². The minimum atomic E-state index is -0.339. The maximum atomic E-state index is 10.8. The zero-order valence-electron chi connectivity index (χ0n) is 9.66. The number of amides is 1. The molecule has 88 valence electrons. The number of ether oxygens (including phenoxy) is 1. The van der Waals surface area contributed by atoms with E-state index in [1.54, 1.807) is 0 Å². The molecule has 0 atom stereocenters. The quantitative estimate of drug-likeness (QED) is 0.669. The molecule has 0 aromatic rings. The highest BCUT2D eigenvalue weighted by Gasteiger charge is 2.12. The lowest BCUT2D eigenvalue weighted by Crippen LogP contribution is -2.45. The minimum absolute atomic E-state index is 0.339. The normalized spacial score (nSPS) is 18.8. The Morgan fingerprint density at radius 1 is 1.33 bits per heavy atom. The molecule has 0 aliphatic carbocycles. The van der Waals surface area contributed by atoms with Crippen LogP contribution in [0.25, 0.3) is 0 Å². The first-order valence-electron chi connectivity index (χ1n) is 5.45. The van der Waals surface area contributed by atoms with Gasteiger partial charge in [-0.2, -0.15) is 0 Å². The van der Waals surface area contributed by atoms with Gasteiger partial charge in [-0.1, -0.05) is 0 Å². The molecule has 0 unspecified atom stereocenters. The van der Waals surface area contributed by atoms with Crippen molar-refractivity contribution in [2.45, 2.75) is 6.42 Å². The summed E-state index contributed by atoms with van der Waals surface area (Å²) in [5.41, 5.74) is 0. The van der Waals surface area contributed by atoms with E-state index in [4.69, 9.17) is 0 Å². The predicted molar refractivity (Wildman–Crippen MR) is 59.0 cm³/mol. The summed E-state index contributed by atoms with van der Waals surface area (Å²) in [7, 11) is 3.53. The van der Waals surface area contributed by atoms with Crippen molar-refractivity contribution in [2.75, 3.05) is 53.4 Å². The minimum Gasteiger partial charge on any atom is -0.453 e. The third-order valence-electron chi connectivity index (χ3n) is 2.70. The van der Waals surface area contributed by atoms with Gasteiger partial charge < -0.3 is 19.9 Å². The average molecular weight is 215 g/mol. The van der Waals surface area contributed by atoms with Gasteiger partial charge in [-0.05, 0) is 20.0 Å². The zero-order valence-corrected chi connectivity index (χ0v) is 9.66. The van der Waals surface area contributed by atoms with Crippen molar-refractivity contribution in [3.05, 3.63) is 0 Å². The maximum Gasteiger partial charge on any atom is 0.406 e. The molecule has 0 spiro atoms. The Labute approximate surface area is 91.4 Å². The predicted octanol–water partition coefficient (Wildman–Crippen LogP) is -0.0201. The number of methoxy groups -OCH3 is 1. The number of hydrogen-bond acceptors (Lipinski definition) is 4. The van der Waals surface area contributed by atoms with Crippen LogP contribution < -0.4 is 5.32 Å². The Kier molecular flexibility index (Phi) is 5.42. The van der Waals surface area contributed by atoms with Crippen LogP contribution in [0.5, 0.6) is 0 Å². The Morgan fingerprint density at radius 2 is 2.00 bits per heavy atom. The van der Waals surface area contributed by atoms with Gasteiger partial charge >= 0.3 is 6.09 Å². The lowest BCUT2D eigenvalue weighted by Gasteiger charge is -2.32. The first kappa shape index (κ1) is 12.3. The van der Waals surface area contributed by atoms with Gasteiger partial charge in [-0.25, -0.2) is 4.79 Å². The van der Waals surface area contributed by atoms with Crippen molar-refractivity contribution in [2.24, 2.45) is 0 Å². The first-order valence-corrected chi connectivity index (χ1v) is 5.45. The lowest BCUT2D eigenvalue weighted by atomic mass is 10.3. The molecule has 1 saturated heterocycles. The van der Waals surface area contributed by atoms with E-state index >= 15 is 0 Å². The summed E-state index contributed by atoms with van der Waals surface area (Å²) < 4.78 is 4.49. The van der Waals surface area contributed by atoms with Crippen LogP contribution >= 0.6 is 0 Å². The fourth-order valence-electron chi connectivity index (χ4n) is 1.64. The van der Waals surface area contributed by atoms with E-state index in [0.29, 0.717) is 6.54 Å². The average Bonchev–Trinajstić information content (AvgIpc) is 2.26. The number of likely N-dealkylation sites (N-methyl/N-ethyl adjacent to an activating group) is 1. The van der Waals surface area contributed by atoms with Gasteiger partial charge in [0, 0.05) is 32.7 Å². The van der Waals surface area contributed by atoms with Crippen molar-refractivity contribution in [3.63, 3.8) is 0 Å². The number of alkyl carbamates (subject to hydrolysis) is 1. The van der Waals surface area contributed by atoms with Crippen molar-refractivity contribution in [1.29, 1.82) is 0 Å². The molecule has 0 aromatic carbocycles. The van der Waals surface area contributed by atoms with Gasteiger partial charge in [-0.15, -0.1) is 0 Å². The van der Waals surface area contributed by atoms with E-state index in [1.807, 2.05) is 0 Å². The van der Waals surface area contributed by atoms with E-state index in [2.05, 4.69) is 26.9 Å². The second kappa shape index (κ2) is 6.63. The lowest BCUT2D eigenvalue weighted by molar-refractivity contribution is 0.150. The van der Waals surface area contributed by atoms with E-state index < -0.39 is 0 Å². The fraction of sp³-hybridized carbons (Fsp3) is 0.900. The van der Waals surface area contributed by atoms with Crippen LogP contribution in [0.3, 0.4) is 0 Å². The van der Waals surface area contributed by atoms with E-state index in [0.717, 1.165) is 39.1 Å². The zero-order chi connectivity index (χ0) is 11.1. The van der Waals surface area contributed by atoms with Crippen LogP contribution in [0, 0.1) is 0 Å². The molecule has 0 radical (unpaired) electrons.